The van der Waals surface area contributed by atoms with Crippen LogP contribution >= 0.6 is 0 Å². The van der Waals surface area contributed by atoms with Crippen LogP contribution in [0, 0.1) is 29.7 Å². The predicted molar refractivity (Wildman–Crippen MR) is 77.2 cm³/mol. The lowest BCUT2D eigenvalue weighted by Crippen LogP contribution is -2.29. The van der Waals surface area contributed by atoms with Crippen LogP contribution in [0.3, 0.4) is 0 Å². The third-order valence-corrected chi connectivity index (χ3v) is 4.33. The number of allylic oxidation sites excluding steroid dienone is 4. The van der Waals surface area contributed by atoms with Crippen LogP contribution in [-0.4, -0.2) is 20.8 Å². The minimum atomic E-state index is -0.534. The van der Waals surface area contributed by atoms with E-state index >= 15 is 0 Å². The van der Waals surface area contributed by atoms with Gasteiger partial charge in [0.1, 0.15) is 5.82 Å². The van der Waals surface area contributed by atoms with Gasteiger partial charge >= 0.3 is 0 Å². The monoisotopic (exact) mass is 280 g/mol. The number of nitriles is 1. The maximum Gasteiger partial charge on any atom is 0.246 e. The molecule has 2 aliphatic rings. The average molecular weight is 280 g/mol. The summed E-state index contributed by atoms with van der Waals surface area (Å²) in [6.07, 6.45) is 10.3. The fraction of sp³-hybridized carbons (Fsp3) is 0.375. The quantitative estimate of drug-likeness (QED) is 0.741. The van der Waals surface area contributed by atoms with Crippen molar-refractivity contribution in [2.45, 2.75) is 27.2 Å². The molecular formula is C16H16N4O. The molecule has 1 fully saturated rings. The van der Waals surface area contributed by atoms with Crippen LogP contribution in [0.5, 0.6) is 0 Å². The average Bonchev–Trinajstić information content (AvgIpc) is 2.66. The normalized spacial score (nSPS) is 23.2. The Morgan fingerprint density at radius 3 is 2.67 bits per heavy atom. The Hall–Kier alpha value is -2.48. The maximum atomic E-state index is 12.3. The van der Waals surface area contributed by atoms with Crippen LogP contribution in [0.25, 0.3) is 5.57 Å². The van der Waals surface area contributed by atoms with Crippen LogP contribution in [0.2, 0.25) is 0 Å². The number of hydrogen-bond acceptors (Lipinski definition) is 4. The summed E-state index contributed by atoms with van der Waals surface area (Å²) in [5, 5.41) is 9.27. The summed E-state index contributed by atoms with van der Waals surface area (Å²) in [6, 6.07) is 0. The minimum Gasteiger partial charge on any atom is -0.273 e. The summed E-state index contributed by atoms with van der Waals surface area (Å²) < 4.78 is 0. The van der Waals surface area contributed by atoms with Gasteiger partial charge in [-0.15, -0.1) is 0 Å². The number of carbonyl (C=O) groups excluding carboxylic acids is 1. The van der Waals surface area contributed by atoms with Gasteiger partial charge in [-0.2, -0.15) is 5.26 Å². The number of aromatic nitrogens is 2. The molecule has 1 aromatic rings. The maximum absolute atomic E-state index is 12.3. The molecule has 1 saturated heterocycles. The van der Waals surface area contributed by atoms with E-state index in [4.69, 9.17) is 0 Å². The second kappa shape index (κ2) is 4.52. The smallest absolute Gasteiger partial charge is 0.246 e. The van der Waals surface area contributed by atoms with Crippen molar-refractivity contribution in [2.75, 3.05) is 0 Å². The van der Waals surface area contributed by atoms with E-state index in [1.807, 2.05) is 33.0 Å². The van der Waals surface area contributed by atoms with Gasteiger partial charge in [-0.3, -0.25) is 4.79 Å². The van der Waals surface area contributed by atoms with E-state index in [0.717, 1.165) is 29.1 Å². The zero-order valence-electron chi connectivity index (χ0n) is 12.3. The van der Waals surface area contributed by atoms with Crippen LogP contribution in [-0.2, 0) is 4.79 Å². The number of fused-ring (bicyclic) bond motifs is 1. The van der Waals surface area contributed by atoms with Gasteiger partial charge in [0.15, 0.2) is 6.19 Å². The van der Waals surface area contributed by atoms with Gasteiger partial charge in [0.2, 0.25) is 5.91 Å². The molecule has 5 nitrogen and oxygen atoms in total. The van der Waals surface area contributed by atoms with Crippen LogP contribution < -0.4 is 0 Å². The third-order valence-electron chi connectivity index (χ3n) is 4.33. The second-order valence-corrected chi connectivity index (χ2v) is 6.00. The third kappa shape index (κ3) is 1.95. The summed E-state index contributed by atoms with van der Waals surface area (Å²) in [5.74, 6) is 0.646. The highest BCUT2D eigenvalue weighted by Gasteiger charge is 2.51. The first-order valence-corrected chi connectivity index (χ1v) is 6.90. The van der Waals surface area contributed by atoms with Crippen molar-refractivity contribution in [1.82, 2.24) is 14.9 Å². The zero-order valence-corrected chi connectivity index (χ0v) is 12.3. The SMILES string of the molecule is Cc1ncc(C2=CCC3C(=C2)N(C#N)C(=O)C3(C)C)cn1. The number of aryl methyl sites for hydroxylation is 1. The number of amides is 1. The van der Waals surface area contributed by atoms with Crippen molar-refractivity contribution in [3.05, 3.63) is 41.6 Å². The number of carbonyl (C=O) groups is 1. The topological polar surface area (TPSA) is 69.9 Å². The Kier molecular flexibility index (Phi) is 2.91. The van der Waals surface area contributed by atoms with E-state index < -0.39 is 5.41 Å². The van der Waals surface area contributed by atoms with Gasteiger partial charge in [-0.25, -0.2) is 14.9 Å². The Labute approximate surface area is 123 Å². The molecule has 0 bridgehead atoms. The van der Waals surface area contributed by atoms with Gasteiger partial charge in [0, 0.05) is 29.6 Å². The molecule has 0 saturated carbocycles. The standard InChI is InChI=1S/C16H16N4O/c1-10-18-7-12(8-19-10)11-4-5-13-14(6-11)20(9-17)15(21)16(13,2)3/h4,6-8,13H,5H2,1-3H3. The minimum absolute atomic E-state index is 0.0553. The van der Waals surface area contributed by atoms with E-state index in [0.29, 0.717) is 0 Å². The number of hydrogen-bond donors (Lipinski definition) is 0. The van der Waals surface area contributed by atoms with E-state index in [1.54, 1.807) is 12.4 Å². The fourth-order valence-electron chi connectivity index (χ4n) is 2.97. The first kappa shape index (κ1) is 13.5. The van der Waals surface area contributed by atoms with E-state index in [2.05, 4.69) is 16.0 Å². The van der Waals surface area contributed by atoms with Crippen molar-refractivity contribution < 1.29 is 4.79 Å². The molecule has 2 heterocycles. The Morgan fingerprint density at radius 2 is 2.05 bits per heavy atom. The molecule has 1 aromatic heterocycles. The molecular weight excluding hydrogens is 264 g/mol. The molecule has 1 aliphatic carbocycles. The molecule has 3 rings (SSSR count). The summed E-state index contributed by atoms with van der Waals surface area (Å²) in [7, 11) is 0. The van der Waals surface area contributed by atoms with E-state index in [-0.39, 0.29) is 11.8 Å². The highest BCUT2D eigenvalue weighted by Crippen LogP contribution is 2.48. The fourth-order valence-corrected chi connectivity index (χ4v) is 2.97. The molecule has 0 N–H and O–H groups in total. The van der Waals surface area contributed by atoms with E-state index in [1.165, 1.54) is 4.90 Å². The molecule has 106 valence electrons. The van der Waals surface area contributed by atoms with E-state index in [9.17, 15) is 10.1 Å². The number of rotatable bonds is 1. The van der Waals surface area contributed by atoms with Crippen molar-refractivity contribution in [2.24, 2.45) is 11.3 Å². The molecule has 1 unspecified atom stereocenters. The largest absolute Gasteiger partial charge is 0.273 e. The highest BCUT2D eigenvalue weighted by molar-refractivity contribution is 5.91. The summed E-state index contributed by atoms with van der Waals surface area (Å²) in [6.45, 7) is 5.64. The lowest BCUT2D eigenvalue weighted by atomic mass is 9.75. The molecule has 5 heteroatoms. The van der Waals surface area contributed by atoms with Crippen LogP contribution in [0.15, 0.2) is 30.2 Å². The van der Waals surface area contributed by atoms with Crippen molar-refractivity contribution in [1.29, 1.82) is 5.26 Å². The number of likely N-dealkylation sites (tertiary alicyclic amines) is 1. The molecule has 1 atom stereocenters. The molecule has 21 heavy (non-hydrogen) atoms. The molecule has 0 radical (unpaired) electrons. The number of nitrogens with zero attached hydrogens (tertiary/aromatic N) is 4. The van der Waals surface area contributed by atoms with Gasteiger partial charge in [0.25, 0.3) is 0 Å². The lowest BCUT2D eigenvalue weighted by Gasteiger charge is -2.25. The van der Waals surface area contributed by atoms with Gasteiger partial charge < -0.3 is 0 Å². The first-order chi connectivity index (χ1) is 9.95. The Balaban J connectivity index is 2.02. The van der Waals surface area contributed by atoms with Crippen LogP contribution in [0.4, 0.5) is 0 Å². The second-order valence-electron chi connectivity index (χ2n) is 6.00. The predicted octanol–water partition coefficient (Wildman–Crippen LogP) is 2.42. The Bertz CT molecular complexity index is 707. The zero-order chi connectivity index (χ0) is 15.2. The molecule has 1 aliphatic heterocycles. The lowest BCUT2D eigenvalue weighted by molar-refractivity contribution is -0.132. The summed E-state index contributed by atoms with van der Waals surface area (Å²) >= 11 is 0. The van der Waals surface area contributed by atoms with Crippen LogP contribution in [0.1, 0.15) is 31.7 Å². The summed E-state index contributed by atoms with van der Waals surface area (Å²) in [5.41, 5.74) is 2.12. The first-order valence-electron chi connectivity index (χ1n) is 6.90. The molecule has 0 spiro atoms. The Morgan fingerprint density at radius 1 is 1.38 bits per heavy atom. The molecule has 1 amide bonds. The van der Waals surface area contributed by atoms with Crippen molar-refractivity contribution in [3.63, 3.8) is 0 Å². The van der Waals surface area contributed by atoms with Crippen molar-refractivity contribution in [3.8, 4) is 6.19 Å². The van der Waals surface area contributed by atoms with Gasteiger partial charge in [-0.1, -0.05) is 19.9 Å². The summed E-state index contributed by atoms with van der Waals surface area (Å²) in [4.78, 5) is 21.9. The van der Waals surface area contributed by atoms with Gasteiger partial charge in [0.05, 0.1) is 5.41 Å². The van der Waals surface area contributed by atoms with Crippen molar-refractivity contribution >= 4 is 11.5 Å². The molecule has 0 aromatic carbocycles. The van der Waals surface area contributed by atoms with Gasteiger partial charge in [-0.05, 0) is 25.0 Å². The highest BCUT2D eigenvalue weighted by atomic mass is 16.2.